The van der Waals surface area contributed by atoms with Gasteiger partial charge in [-0.1, -0.05) is 12.1 Å². The first-order valence-electron chi connectivity index (χ1n) is 6.93. The fraction of sp³-hybridized carbons (Fsp3) is 0.333. The number of ether oxygens (including phenoxy) is 1. The number of para-hydroxylation sites is 1. The molecule has 23 heavy (non-hydrogen) atoms. The molecule has 2 aromatic rings. The third kappa shape index (κ3) is 4.07. The number of rotatable bonds is 6. The van der Waals surface area contributed by atoms with E-state index in [1.165, 1.54) is 23.1 Å². The summed E-state index contributed by atoms with van der Waals surface area (Å²) in [4.78, 5) is 14.0. The minimum atomic E-state index is -2.98. The van der Waals surface area contributed by atoms with E-state index in [1.54, 1.807) is 24.0 Å². The summed E-state index contributed by atoms with van der Waals surface area (Å²) in [6.45, 7) is -0.0918. The molecule has 1 heterocycles. The molecule has 0 aliphatic rings. The van der Waals surface area contributed by atoms with Crippen LogP contribution in [0.4, 0.5) is 8.78 Å². The van der Waals surface area contributed by atoms with Gasteiger partial charge in [0.15, 0.2) is 0 Å². The second-order valence-electron chi connectivity index (χ2n) is 4.79. The molecule has 0 radical (unpaired) electrons. The van der Waals surface area contributed by atoms with Gasteiger partial charge in [0.05, 0.1) is 28.5 Å². The van der Waals surface area contributed by atoms with Gasteiger partial charge in [-0.2, -0.15) is 13.9 Å². The summed E-state index contributed by atoms with van der Waals surface area (Å²) in [5.41, 5.74) is 0.921. The van der Waals surface area contributed by atoms with Crippen LogP contribution in [-0.2, 0) is 13.1 Å². The van der Waals surface area contributed by atoms with E-state index in [1.807, 2.05) is 6.92 Å². The number of halogens is 3. The predicted octanol–water partition coefficient (Wildman–Crippen LogP) is 3.54. The molecule has 124 valence electrons. The quantitative estimate of drug-likeness (QED) is 0.761. The summed E-state index contributed by atoms with van der Waals surface area (Å²) in [6.07, 6.45) is 1.66. The number of amides is 1. The molecule has 8 heteroatoms. The number of hydrogen-bond acceptors (Lipinski definition) is 3. The van der Waals surface area contributed by atoms with Crippen molar-refractivity contribution in [2.75, 3.05) is 7.05 Å². The number of carbonyl (C=O) groups excluding carboxylic acids is 1. The van der Waals surface area contributed by atoms with Gasteiger partial charge in [-0.3, -0.25) is 9.48 Å². The Hall–Kier alpha value is -1.96. The van der Waals surface area contributed by atoms with E-state index in [9.17, 15) is 13.6 Å². The van der Waals surface area contributed by atoms with Crippen molar-refractivity contribution < 1.29 is 18.3 Å². The number of carbonyl (C=O) groups is 1. The topological polar surface area (TPSA) is 47.4 Å². The minimum Gasteiger partial charge on any atom is -0.434 e. The molecule has 0 aliphatic heterocycles. The summed E-state index contributed by atoms with van der Waals surface area (Å²) in [7, 11) is 1.60. The summed E-state index contributed by atoms with van der Waals surface area (Å²) >= 11 is 3.39. The van der Waals surface area contributed by atoms with Gasteiger partial charge in [-0.25, -0.2) is 0 Å². The van der Waals surface area contributed by atoms with Crippen LogP contribution in [0.5, 0.6) is 5.75 Å². The van der Waals surface area contributed by atoms with Crippen molar-refractivity contribution >= 4 is 21.8 Å². The zero-order valence-corrected chi connectivity index (χ0v) is 14.3. The monoisotopic (exact) mass is 387 g/mol. The van der Waals surface area contributed by atoms with Gasteiger partial charge < -0.3 is 9.64 Å². The summed E-state index contributed by atoms with van der Waals surface area (Å²) in [6, 6.07) is 5.95. The van der Waals surface area contributed by atoms with Gasteiger partial charge in [0.2, 0.25) is 0 Å². The number of benzene rings is 1. The van der Waals surface area contributed by atoms with Crippen LogP contribution < -0.4 is 4.74 Å². The van der Waals surface area contributed by atoms with E-state index in [4.69, 9.17) is 0 Å². The Labute approximate surface area is 141 Å². The van der Waals surface area contributed by atoms with Crippen molar-refractivity contribution in [3.8, 4) is 5.75 Å². The number of alkyl halides is 2. The van der Waals surface area contributed by atoms with E-state index in [2.05, 4.69) is 25.8 Å². The maximum Gasteiger partial charge on any atom is 0.387 e. The summed E-state index contributed by atoms with van der Waals surface area (Å²) in [5.74, 6) is -0.542. The third-order valence-corrected chi connectivity index (χ3v) is 3.93. The van der Waals surface area contributed by atoms with Gasteiger partial charge in [-0.15, -0.1) is 0 Å². The van der Waals surface area contributed by atoms with Crippen molar-refractivity contribution in [1.29, 1.82) is 0 Å². The highest BCUT2D eigenvalue weighted by Crippen LogP contribution is 2.23. The molecule has 0 fully saturated rings. The van der Waals surface area contributed by atoms with Crippen LogP contribution in [0.1, 0.15) is 23.0 Å². The molecule has 0 saturated carbocycles. The molecular formula is C15H16BrF2N3O2. The van der Waals surface area contributed by atoms with E-state index >= 15 is 0 Å². The van der Waals surface area contributed by atoms with Crippen LogP contribution in [0.15, 0.2) is 34.9 Å². The molecule has 5 nitrogen and oxygen atoms in total. The van der Waals surface area contributed by atoms with E-state index in [0.29, 0.717) is 6.54 Å². The van der Waals surface area contributed by atoms with Gasteiger partial charge in [0, 0.05) is 13.6 Å². The first kappa shape index (κ1) is 17.4. The first-order chi connectivity index (χ1) is 10.9. The molecule has 0 atom stereocenters. The van der Waals surface area contributed by atoms with E-state index < -0.39 is 12.5 Å². The highest BCUT2D eigenvalue weighted by molar-refractivity contribution is 9.10. The Kier molecular flexibility index (Phi) is 5.70. The Morgan fingerprint density at radius 2 is 2.13 bits per heavy atom. The SMILES string of the molecule is CCn1ncc(Br)c1CN(C)C(=O)c1ccccc1OC(F)F. The molecule has 0 saturated heterocycles. The molecule has 1 aromatic heterocycles. The second-order valence-corrected chi connectivity index (χ2v) is 5.65. The fourth-order valence-corrected chi connectivity index (χ4v) is 2.58. The normalized spacial score (nSPS) is 10.9. The Bertz CT molecular complexity index is 691. The van der Waals surface area contributed by atoms with E-state index in [0.717, 1.165) is 10.2 Å². The van der Waals surface area contributed by atoms with Gasteiger partial charge in [-0.05, 0) is 35.0 Å². The largest absolute Gasteiger partial charge is 0.434 e. The third-order valence-electron chi connectivity index (χ3n) is 3.26. The van der Waals surface area contributed by atoms with E-state index in [-0.39, 0.29) is 17.9 Å². The highest BCUT2D eigenvalue weighted by Gasteiger charge is 2.20. The van der Waals surface area contributed by atoms with Crippen LogP contribution in [0.3, 0.4) is 0 Å². The van der Waals surface area contributed by atoms with Crippen LogP contribution in [-0.4, -0.2) is 34.2 Å². The Morgan fingerprint density at radius 3 is 2.78 bits per heavy atom. The maximum absolute atomic E-state index is 12.5. The number of aryl methyl sites for hydroxylation is 1. The minimum absolute atomic E-state index is 0.0917. The summed E-state index contributed by atoms with van der Waals surface area (Å²) in [5, 5.41) is 4.18. The lowest BCUT2D eigenvalue weighted by atomic mass is 10.1. The second kappa shape index (κ2) is 7.54. The fourth-order valence-electron chi connectivity index (χ4n) is 2.16. The number of aromatic nitrogens is 2. The predicted molar refractivity (Wildman–Crippen MR) is 84.5 cm³/mol. The summed E-state index contributed by atoms with van der Waals surface area (Å²) < 4.78 is 31.9. The smallest absolute Gasteiger partial charge is 0.387 e. The molecule has 1 amide bonds. The molecule has 1 aromatic carbocycles. The Morgan fingerprint density at radius 1 is 1.43 bits per heavy atom. The zero-order chi connectivity index (χ0) is 17.0. The van der Waals surface area contributed by atoms with Crippen LogP contribution >= 0.6 is 15.9 Å². The van der Waals surface area contributed by atoms with Gasteiger partial charge in [0.1, 0.15) is 5.75 Å². The van der Waals surface area contributed by atoms with Crippen molar-refractivity contribution in [2.45, 2.75) is 26.6 Å². The van der Waals surface area contributed by atoms with Crippen LogP contribution in [0, 0.1) is 0 Å². The lowest BCUT2D eigenvalue weighted by Crippen LogP contribution is -2.28. The molecule has 0 unspecified atom stereocenters. The highest BCUT2D eigenvalue weighted by atomic mass is 79.9. The van der Waals surface area contributed by atoms with Crippen LogP contribution in [0.25, 0.3) is 0 Å². The molecule has 0 N–H and O–H groups in total. The molecule has 0 bridgehead atoms. The first-order valence-corrected chi connectivity index (χ1v) is 7.72. The molecule has 0 spiro atoms. The zero-order valence-electron chi connectivity index (χ0n) is 12.7. The van der Waals surface area contributed by atoms with Gasteiger partial charge >= 0.3 is 6.61 Å². The lowest BCUT2D eigenvalue weighted by Gasteiger charge is -2.19. The van der Waals surface area contributed by atoms with Gasteiger partial charge in [0.25, 0.3) is 5.91 Å². The van der Waals surface area contributed by atoms with Crippen molar-refractivity contribution in [3.63, 3.8) is 0 Å². The molecule has 0 aliphatic carbocycles. The number of hydrogen-bond donors (Lipinski definition) is 0. The molecular weight excluding hydrogens is 372 g/mol. The maximum atomic E-state index is 12.5. The van der Waals surface area contributed by atoms with Crippen molar-refractivity contribution in [3.05, 3.63) is 46.2 Å². The average Bonchev–Trinajstić information content (AvgIpc) is 2.87. The van der Waals surface area contributed by atoms with Crippen molar-refractivity contribution in [2.24, 2.45) is 0 Å². The lowest BCUT2D eigenvalue weighted by molar-refractivity contribution is -0.0502. The standard InChI is InChI=1S/C15H16BrF2N3O2/c1-3-21-12(11(16)8-19-21)9-20(2)14(22)10-6-4-5-7-13(10)23-15(17)18/h4-8,15H,3,9H2,1-2H3. The molecule has 2 rings (SSSR count). The Balaban J connectivity index is 2.22. The van der Waals surface area contributed by atoms with Crippen molar-refractivity contribution in [1.82, 2.24) is 14.7 Å². The van der Waals surface area contributed by atoms with Crippen LogP contribution in [0.2, 0.25) is 0 Å². The average molecular weight is 388 g/mol. The number of nitrogens with zero attached hydrogens (tertiary/aromatic N) is 3.